The van der Waals surface area contributed by atoms with E-state index in [-0.39, 0.29) is 0 Å². The molecule has 2 rings (SSSR count). The van der Waals surface area contributed by atoms with E-state index >= 15 is 0 Å². The molecule has 2 nitrogen and oxygen atoms in total. The molecule has 0 heterocycles. The van der Waals surface area contributed by atoms with Gasteiger partial charge >= 0.3 is 0 Å². The first-order valence-electron chi connectivity index (χ1n) is 6.36. The monoisotopic (exact) mass is 253 g/mol. The Morgan fingerprint density at radius 3 is 2.32 bits per heavy atom. The van der Waals surface area contributed by atoms with Crippen LogP contribution in [0.4, 0.5) is 5.69 Å². The normalized spacial score (nSPS) is 10.6. The van der Waals surface area contributed by atoms with Crippen LogP contribution < -0.4 is 9.64 Å². The van der Waals surface area contributed by atoms with Crippen LogP contribution in [0, 0.1) is 0 Å². The van der Waals surface area contributed by atoms with E-state index in [0.717, 1.165) is 12.3 Å². The molecule has 2 aromatic carbocycles. The van der Waals surface area contributed by atoms with Crippen molar-refractivity contribution in [2.45, 2.75) is 0 Å². The van der Waals surface area contributed by atoms with Gasteiger partial charge in [-0.3, -0.25) is 0 Å². The van der Waals surface area contributed by atoms with E-state index in [1.807, 2.05) is 18.2 Å². The van der Waals surface area contributed by atoms with E-state index in [4.69, 9.17) is 4.74 Å². The third kappa shape index (κ3) is 3.88. The number of hydrogen-bond donors (Lipinski definition) is 0. The van der Waals surface area contributed by atoms with Gasteiger partial charge in [0, 0.05) is 19.3 Å². The molecule has 0 aliphatic rings. The fourth-order valence-electron chi connectivity index (χ4n) is 1.85. The molecule has 98 valence electrons. The number of nitrogens with zero attached hydrogens (tertiary/aromatic N) is 1. The molecule has 2 aromatic rings. The first-order valence-corrected chi connectivity index (χ1v) is 6.36. The Bertz CT molecular complexity index is 517. The Hall–Kier alpha value is -2.22. The zero-order chi connectivity index (χ0) is 13.5. The fraction of sp³-hybridized carbons (Fsp3) is 0.176. The molecule has 0 fully saturated rings. The van der Waals surface area contributed by atoms with Crippen molar-refractivity contribution in [2.75, 3.05) is 25.6 Å². The first kappa shape index (κ1) is 13.2. The molecule has 0 amide bonds. The summed E-state index contributed by atoms with van der Waals surface area (Å²) in [6, 6.07) is 18.4. The SMILES string of the molecule is COc1ccc(/C=C/CN(C)c2ccccc2)cc1. The molecule has 0 unspecified atom stereocenters. The Balaban J connectivity index is 1.92. The predicted octanol–water partition coefficient (Wildman–Crippen LogP) is 3.84. The minimum absolute atomic E-state index is 0.885. The van der Waals surface area contributed by atoms with E-state index in [0.29, 0.717) is 0 Å². The smallest absolute Gasteiger partial charge is 0.118 e. The summed E-state index contributed by atoms with van der Waals surface area (Å²) in [5.74, 6) is 0.888. The zero-order valence-corrected chi connectivity index (χ0v) is 11.4. The molecule has 2 heteroatoms. The molecule has 0 atom stereocenters. The predicted molar refractivity (Wildman–Crippen MR) is 81.7 cm³/mol. The number of hydrogen-bond acceptors (Lipinski definition) is 2. The van der Waals surface area contributed by atoms with Gasteiger partial charge < -0.3 is 9.64 Å². The average molecular weight is 253 g/mol. The van der Waals surface area contributed by atoms with E-state index in [1.165, 1.54) is 11.3 Å². The standard InChI is InChI=1S/C17H19NO/c1-18(16-8-4-3-5-9-16)14-6-7-15-10-12-17(19-2)13-11-15/h3-13H,14H2,1-2H3/b7-6+. The van der Waals surface area contributed by atoms with Gasteiger partial charge in [-0.15, -0.1) is 0 Å². The van der Waals surface area contributed by atoms with Gasteiger partial charge in [0.25, 0.3) is 0 Å². The summed E-state index contributed by atoms with van der Waals surface area (Å²) in [5.41, 5.74) is 2.41. The molecule has 0 bridgehead atoms. The molecular formula is C17H19NO. The van der Waals surface area contributed by atoms with Crippen LogP contribution in [0.15, 0.2) is 60.7 Å². The Labute approximate surface area is 114 Å². The summed E-state index contributed by atoms with van der Waals surface area (Å²) >= 11 is 0. The Kier molecular flexibility index (Phi) is 4.62. The van der Waals surface area contributed by atoms with Crippen LogP contribution in [0.5, 0.6) is 5.75 Å². The molecule has 0 N–H and O–H groups in total. The van der Waals surface area contributed by atoms with E-state index in [9.17, 15) is 0 Å². The molecule has 0 aromatic heterocycles. The van der Waals surface area contributed by atoms with E-state index < -0.39 is 0 Å². The van der Waals surface area contributed by atoms with Crippen LogP contribution in [0.3, 0.4) is 0 Å². The van der Waals surface area contributed by atoms with Crippen LogP contribution >= 0.6 is 0 Å². The highest BCUT2D eigenvalue weighted by Gasteiger charge is 1.96. The van der Waals surface area contributed by atoms with Crippen LogP contribution in [-0.2, 0) is 0 Å². The lowest BCUT2D eigenvalue weighted by molar-refractivity contribution is 0.415. The van der Waals surface area contributed by atoms with E-state index in [2.05, 4.69) is 60.5 Å². The molecule has 0 spiro atoms. The lowest BCUT2D eigenvalue weighted by Gasteiger charge is -2.16. The van der Waals surface area contributed by atoms with Crippen molar-refractivity contribution < 1.29 is 4.74 Å². The van der Waals surface area contributed by atoms with Gasteiger partial charge in [0.15, 0.2) is 0 Å². The van der Waals surface area contributed by atoms with Crippen LogP contribution in [0.2, 0.25) is 0 Å². The third-order valence-corrected chi connectivity index (χ3v) is 3.00. The highest BCUT2D eigenvalue weighted by molar-refractivity contribution is 5.52. The molecule has 0 saturated carbocycles. The third-order valence-electron chi connectivity index (χ3n) is 3.00. The van der Waals surface area contributed by atoms with Gasteiger partial charge in [-0.2, -0.15) is 0 Å². The summed E-state index contributed by atoms with van der Waals surface area (Å²) in [6.45, 7) is 0.885. The largest absolute Gasteiger partial charge is 0.497 e. The summed E-state index contributed by atoms with van der Waals surface area (Å²) in [7, 11) is 3.77. The number of likely N-dealkylation sites (N-methyl/N-ethyl adjacent to an activating group) is 1. The Morgan fingerprint density at radius 2 is 1.68 bits per heavy atom. The summed E-state index contributed by atoms with van der Waals surface area (Å²) in [5, 5.41) is 0. The van der Waals surface area contributed by atoms with Crippen LogP contribution in [-0.4, -0.2) is 20.7 Å². The topological polar surface area (TPSA) is 12.5 Å². The summed E-state index contributed by atoms with van der Waals surface area (Å²) < 4.78 is 5.14. The van der Waals surface area contributed by atoms with Crippen molar-refractivity contribution in [3.8, 4) is 5.75 Å². The van der Waals surface area contributed by atoms with Gasteiger partial charge in [0.2, 0.25) is 0 Å². The van der Waals surface area contributed by atoms with Crippen LogP contribution in [0.1, 0.15) is 5.56 Å². The molecule has 0 saturated heterocycles. The van der Waals surface area contributed by atoms with Crippen molar-refractivity contribution in [3.63, 3.8) is 0 Å². The second kappa shape index (κ2) is 6.64. The maximum absolute atomic E-state index is 5.14. The number of anilines is 1. The number of benzene rings is 2. The quantitative estimate of drug-likeness (QED) is 0.802. The number of rotatable bonds is 5. The minimum Gasteiger partial charge on any atom is -0.497 e. The van der Waals surface area contributed by atoms with Crippen molar-refractivity contribution in [1.82, 2.24) is 0 Å². The van der Waals surface area contributed by atoms with Crippen molar-refractivity contribution in [1.29, 1.82) is 0 Å². The molecule has 0 aliphatic carbocycles. The molecule has 0 radical (unpaired) electrons. The number of ether oxygens (including phenoxy) is 1. The van der Waals surface area contributed by atoms with Crippen molar-refractivity contribution in [2.24, 2.45) is 0 Å². The van der Waals surface area contributed by atoms with Gasteiger partial charge in [-0.05, 0) is 29.8 Å². The number of para-hydroxylation sites is 1. The molecule has 0 aliphatic heterocycles. The van der Waals surface area contributed by atoms with Crippen molar-refractivity contribution >= 4 is 11.8 Å². The second-order valence-electron chi connectivity index (χ2n) is 4.39. The summed E-state index contributed by atoms with van der Waals surface area (Å²) in [6.07, 6.45) is 4.29. The van der Waals surface area contributed by atoms with Gasteiger partial charge in [0.1, 0.15) is 5.75 Å². The molecule has 19 heavy (non-hydrogen) atoms. The highest BCUT2D eigenvalue weighted by atomic mass is 16.5. The Morgan fingerprint density at radius 1 is 1.00 bits per heavy atom. The lowest BCUT2D eigenvalue weighted by Crippen LogP contribution is -2.16. The first-order chi connectivity index (χ1) is 9.29. The summed E-state index contributed by atoms with van der Waals surface area (Å²) in [4.78, 5) is 2.21. The lowest BCUT2D eigenvalue weighted by atomic mass is 10.2. The van der Waals surface area contributed by atoms with Gasteiger partial charge in [-0.1, -0.05) is 42.5 Å². The van der Waals surface area contributed by atoms with E-state index in [1.54, 1.807) is 7.11 Å². The van der Waals surface area contributed by atoms with Crippen molar-refractivity contribution in [3.05, 3.63) is 66.2 Å². The minimum atomic E-state index is 0.885. The van der Waals surface area contributed by atoms with Gasteiger partial charge in [-0.25, -0.2) is 0 Å². The number of methoxy groups -OCH3 is 1. The second-order valence-corrected chi connectivity index (χ2v) is 4.39. The van der Waals surface area contributed by atoms with Gasteiger partial charge in [0.05, 0.1) is 7.11 Å². The average Bonchev–Trinajstić information content (AvgIpc) is 2.49. The highest BCUT2D eigenvalue weighted by Crippen LogP contribution is 2.13. The van der Waals surface area contributed by atoms with Crippen LogP contribution in [0.25, 0.3) is 6.08 Å². The fourth-order valence-corrected chi connectivity index (χ4v) is 1.85. The molecular weight excluding hydrogens is 234 g/mol. The maximum Gasteiger partial charge on any atom is 0.118 e. The zero-order valence-electron chi connectivity index (χ0n) is 11.4. The maximum atomic E-state index is 5.14.